The number of ether oxygens (including phenoxy) is 1. The lowest BCUT2D eigenvalue weighted by Gasteiger charge is -2.09. The lowest BCUT2D eigenvalue weighted by molar-refractivity contribution is -0.384. The largest absolute Gasteiger partial charge is 0.487 e. The Kier molecular flexibility index (Phi) is 4.04. The second-order valence-electron chi connectivity index (χ2n) is 3.78. The summed E-state index contributed by atoms with van der Waals surface area (Å²) in [5, 5.41) is 14.5. The van der Waals surface area contributed by atoms with E-state index in [0.29, 0.717) is 17.2 Å². The van der Waals surface area contributed by atoms with Crippen molar-refractivity contribution in [1.82, 2.24) is 9.78 Å². The van der Waals surface area contributed by atoms with Crippen molar-refractivity contribution < 1.29 is 9.66 Å². The Hall–Kier alpha value is -2.35. The fraction of sp³-hybridized carbons (Fsp3) is 0.167. The van der Waals surface area contributed by atoms with Gasteiger partial charge in [-0.1, -0.05) is 0 Å². The maximum atomic E-state index is 12.2. The molecule has 0 atom stereocenters. The molecule has 2 rings (SSSR count). The van der Waals surface area contributed by atoms with E-state index >= 15 is 0 Å². The molecule has 0 amide bonds. The minimum Gasteiger partial charge on any atom is -0.487 e. The number of nitrogens with zero attached hydrogens (tertiary/aromatic N) is 3. The van der Waals surface area contributed by atoms with E-state index in [2.05, 4.69) is 17.7 Å². The molecule has 7 nitrogen and oxygen atoms in total. The van der Waals surface area contributed by atoms with Crippen molar-refractivity contribution in [3.8, 4) is 11.4 Å². The van der Waals surface area contributed by atoms with Gasteiger partial charge in [-0.15, -0.1) is 12.6 Å². The highest BCUT2D eigenvalue weighted by Crippen LogP contribution is 2.18. The van der Waals surface area contributed by atoms with Gasteiger partial charge in [-0.3, -0.25) is 14.9 Å². The van der Waals surface area contributed by atoms with E-state index in [1.807, 2.05) is 0 Å². The molecule has 0 radical (unpaired) electrons. The maximum absolute atomic E-state index is 12.2. The summed E-state index contributed by atoms with van der Waals surface area (Å²) in [4.78, 5) is 22.6. The monoisotopic (exact) mass is 293 g/mol. The normalized spacial score (nSPS) is 10.3. The zero-order valence-electron chi connectivity index (χ0n) is 10.5. The molecule has 1 aromatic heterocycles. The van der Waals surface area contributed by atoms with Crippen molar-refractivity contribution in [3.63, 3.8) is 0 Å². The Balaban J connectivity index is 2.50. The zero-order chi connectivity index (χ0) is 14.7. The predicted octanol–water partition coefficient (Wildman–Crippen LogP) is 1.83. The third-order valence-electron chi connectivity index (χ3n) is 2.51. The maximum Gasteiger partial charge on any atom is 0.314 e. The number of nitro benzene ring substituents is 1. The summed E-state index contributed by atoms with van der Waals surface area (Å²) in [5.74, 6) is 0.101. The molecule has 0 spiro atoms. The lowest BCUT2D eigenvalue weighted by Crippen LogP contribution is -2.23. The van der Waals surface area contributed by atoms with Crippen LogP contribution in [0.3, 0.4) is 0 Å². The summed E-state index contributed by atoms with van der Waals surface area (Å²) in [7, 11) is 0. The van der Waals surface area contributed by atoms with Gasteiger partial charge < -0.3 is 4.74 Å². The molecular formula is C12H11N3O4S. The van der Waals surface area contributed by atoms with Gasteiger partial charge in [0.1, 0.15) is 0 Å². The molecule has 8 heteroatoms. The Morgan fingerprint density at radius 1 is 1.40 bits per heavy atom. The first-order valence-electron chi connectivity index (χ1n) is 5.73. The Morgan fingerprint density at radius 3 is 2.60 bits per heavy atom. The van der Waals surface area contributed by atoms with Gasteiger partial charge in [-0.25, -0.2) is 0 Å². The van der Waals surface area contributed by atoms with Crippen LogP contribution in [0.5, 0.6) is 5.75 Å². The van der Waals surface area contributed by atoms with Crippen molar-refractivity contribution in [2.24, 2.45) is 0 Å². The summed E-state index contributed by atoms with van der Waals surface area (Å²) in [6.45, 7) is 2.08. The minimum absolute atomic E-state index is 0.0577. The van der Waals surface area contributed by atoms with Crippen LogP contribution in [0.4, 0.5) is 5.69 Å². The number of hydrogen-bond donors (Lipinski definition) is 1. The topological polar surface area (TPSA) is 87.3 Å². The van der Waals surface area contributed by atoms with E-state index in [4.69, 9.17) is 4.74 Å². The van der Waals surface area contributed by atoms with Crippen LogP contribution in [0.1, 0.15) is 6.92 Å². The van der Waals surface area contributed by atoms with Gasteiger partial charge >= 0.3 is 5.56 Å². The highest BCUT2D eigenvalue weighted by Gasteiger charge is 2.12. The molecule has 0 aliphatic heterocycles. The standard InChI is InChI=1S/C12H11N3O4S/c1-2-19-11-10(20)7-13-14(12(11)16)8-3-5-9(6-4-8)15(17)18/h3-7,20H,2H2,1H3. The van der Waals surface area contributed by atoms with E-state index in [-0.39, 0.29) is 11.4 Å². The molecule has 0 saturated carbocycles. The number of thiol groups is 1. The quantitative estimate of drug-likeness (QED) is 0.528. The van der Waals surface area contributed by atoms with E-state index in [9.17, 15) is 14.9 Å². The van der Waals surface area contributed by atoms with Crippen molar-refractivity contribution >= 4 is 18.3 Å². The van der Waals surface area contributed by atoms with E-state index in [0.717, 1.165) is 4.68 Å². The van der Waals surface area contributed by atoms with Gasteiger partial charge in [0.25, 0.3) is 5.69 Å². The Labute approximate surface area is 119 Å². The molecule has 0 aliphatic carbocycles. The summed E-state index contributed by atoms with van der Waals surface area (Å²) in [6.07, 6.45) is 1.39. The first-order valence-corrected chi connectivity index (χ1v) is 6.18. The molecule has 0 bridgehead atoms. The van der Waals surface area contributed by atoms with Gasteiger partial charge in [0.05, 0.1) is 28.3 Å². The number of non-ortho nitro benzene ring substituents is 1. The molecule has 1 aromatic carbocycles. The Morgan fingerprint density at radius 2 is 2.05 bits per heavy atom. The zero-order valence-corrected chi connectivity index (χ0v) is 11.4. The number of nitro groups is 1. The molecule has 20 heavy (non-hydrogen) atoms. The summed E-state index contributed by atoms with van der Waals surface area (Å²) in [5.41, 5.74) is -0.110. The van der Waals surface area contributed by atoms with Gasteiger partial charge in [0, 0.05) is 12.1 Å². The van der Waals surface area contributed by atoms with E-state index in [1.165, 1.54) is 30.5 Å². The molecule has 0 unspecified atom stereocenters. The number of aromatic nitrogens is 2. The second-order valence-corrected chi connectivity index (χ2v) is 4.26. The minimum atomic E-state index is -0.511. The molecule has 0 N–H and O–H groups in total. The molecule has 0 aliphatic rings. The van der Waals surface area contributed by atoms with Crippen molar-refractivity contribution in [2.75, 3.05) is 6.61 Å². The molecule has 104 valence electrons. The van der Waals surface area contributed by atoms with Crippen LogP contribution in [0.25, 0.3) is 5.69 Å². The number of hydrogen-bond acceptors (Lipinski definition) is 6. The van der Waals surface area contributed by atoms with Gasteiger partial charge in [0.15, 0.2) is 0 Å². The average molecular weight is 293 g/mol. The van der Waals surface area contributed by atoms with E-state index < -0.39 is 10.5 Å². The van der Waals surface area contributed by atoms with E-state index in [1.54, 1.807) is 6.92 Å². The molecule has 2 aromatic rings. The van der Waals surface area contributed by atoms with Crippen LogP contribution in [0, 0.1) is 10.1 Å². The SMILES string of the molecule is CCOc1c(S)cnn(-c2ccc([N+](=O)[O-])cc2)c1=O. The molecular weight excluding hydrogens is 282 g/mol. The summed E-state index contributed by atoms with van der Waals surface area (Å²) < 4.78 is 6.34. The molecule has 0 fully saturated rings. The van der Waals surface area contributed by atoms with Crippen LogP contribution >= 0.6 is 12.6 Å². The van der Waals surface area contributed by atoms with Crippen LogP contribution in [-0.2, 0) is 0 Å². The second kappa shape index (κ2) is 5.74. The van der Waals surface area contributed by atoms with Crippen LogP contribution in [0.2, 0.25) is 0 Å². The summed E-state index contributed by atoms with van der Waals surface area (Å²) in [6, 6.07) is 5.50. The highest BCUT2D eigenvalue weighted by molar-refractivity contribution is 7.80. The van der Waals surface area contributed by atoms with Crippen LogP contribution in [-0.4, -0.2) is 21.3 Å². The fourth-order valence-corrected chi connectivity index (χ4v) is 1.82. The van der Waals surface area contributed by atoms with Crippen LogP contribution < -0.4 is 10.3 Å². The summed E-state index contributed by atoms with van der Waals surface area (Å²) >= 11 is 4.11. The number of benzene rings is 1. The van der Waals surface area contributed by atoms with Crippen LogP contribution in [0.15, 0.2) is 40.2 Å². The van der Waals surface area contributed by atoms with Gasteiger partial charge in [0.2, 0.25) is 5.75 Å². The van der Waals surface area contributed by atoms with Crippen molar-refractivity contribution in [3.05, 3.63) is 50.9 Å². The van der Waals surface area contributed by atoms with Gasteiger partial charge in [-0.2, -0.15) is 9.78 Å². The first kappa shape index (κ1) is 14.1. The van der Waals surface area contributed by atoms with Gasteiger partial charge in [-0.05, 0) is 19.1 Å². The average Bonchev–Trinajstić information content (AvgIpc) is 2.44. The van der Waals surface area contributed by atoms with Crippen molar-refractivity contribution in [2.45, 2.75) is 11.8 Å². The first-order chi connectivity index (χ1) is 9.54. The number of rotatable bonds is 4. The fourth-order valence-electron chi connectivity index (χ4n) is 1.61. The smallest absolute Gasteiger partial charge is 0.314 e. The lowest BCUT2D eigenvalue weighted by atomic mass is 10.3. The highest BCUT2D eigenvalue weighted by atomic mass is 32.1. The third-order valence-corrected chi connectivity index (χ3v) is 2.83. The van der Waals surface area contributed by atoms with Crippen molar-refractivity contribution in [1.29, 1.82) is 0 Å². The molecule has 0 saturated heterocycles. The molecule has 1 heterocycles. The Bertz CT molecular complexity index is 697. The predicted molar refractivity (Wildman–Crippen MR) is 74.9 cm³/mol. The third kappa shape index (κ3) is 2.64.